The van der Waals surface area contributed by atoms with Crippen molar-refractivity contribution < 1.29 is 14.7 Å². The third-order valence-corrected chi connectivity index (χ3v) is 3.27. The fourth-order valence-corrected chi connectivity index (χ4v) is 1.83. The van der Waals surface area contributed by atoms with Gasteiger partial charge < -0.3 is 10.4 Å². The molecule has 0 atom stereocenters. The Morgan fingerprint density at radius 3 is 2.65 bits per heavy atom. The molecule has 0 aliphatic heterocycles. The summed E-state index contributed by atoms with van der Waals surface area (Å²) in [5.74, 6) is -1.48. The molecule has 2 rings (SSSR count). The number of nitrogens with one attached hydrogen (secondary N) is 1. The van der Waals surface area contributed by atoms with Crippen LogP contribution in [0, 0.1) is 6.92 Å². The van der Waals surface area contributed by atoms with Gasteiger partial charge in [0.2, 0.25) is 0 Å². The van der Waals surface area contributed by atoms with Gasteiger partial charge in [-0.3, -0.25) is 9.48 Å². The number of carboxylic acid groups (broad SMARTS) is 1. The first-order chi connectivity index (χ1) is 9.40. The Balaban J connectivity index is 2.30. The number of aryl methyl sites for hydroxylation is 1. The minimum Gasteiger partial charge on any atom is -0.478 e. The largest absolute Gasteiger partial charge is 0.478 e. The Labute approximate surface area is 120 Å². The van der Waals surface area contributed by atoms with Crippen LogP contribution in [0.1, 0.15) is 26.4 Å². The van der Waals surface area contributed by atoms with Gasteiger partial charge in [-0.1, -0.05) is 11.6 Å². The van der Waals surface area contributed by atoms with Crippen molar-refractivity contribution >= 4 is 29.2 Å². The van der Waals surface area contributed by atoms with Crippen molar-refractivity contribution in [2.24, 2.45) is 7.05 Å². The lowest BCUT2D eigenvalue weighted by molar-refractivity contribution is 0.0696. The van der Waals surface area contributed by atoms with Gasteiger partial charge in [0.1, 0.15) is 0 Å². The van der Waals surface area contributed by atoms with E-state index in [2.05, 4.69) is 10.4 Å². The van der Waals surface area contributed by atoms with E-state index in [1.807, 2.05) is 0 Å². The molecule has 1 heterocycles. The molecule has 0 aliphatic rings. The predicted octanol–water partition coefficient (Wildman–Crippen LogP) is 2.33. The van der Waals surface area contributed by atoms with Crippen molar-refractivity contribution in [3.63, 3.8) is 0 Å². The van der Waals surface area contributed by atoms with Crippen LogP contribution in [-0.2, 0) is 7.05 Å². The van der Waals surface area contributed by atoms with E-state index in [1.54, 1.807) is 18.7 Å². The zero-order valence-electron chi connectivity index (χ0n) is 10.8. The minimum absolute atomic E-state index is 0.0487. The van der Waals surface area contributed by atoms with Gasteiger partial charge in [0.05, 0.1) is 28.0 Å². The Morgan fingerprint density at radius 1 is 1.40 bits per heavy atom. The molecule has 2 aromatic rings. The van der Waals surface area contributed by atoms with E-state index in [0.717, 1.165) is 0 Å². The van der Waals surface area contributed by atoms with E-state index in [-0.39, 0.29) is 22.2 Å². The maximum absolute atomic E-state index is 12.1. The molecule has 0 fully saturated rings. The molecule has 0 unspecified atom stereocenters. The molecule has 104 valence electrons. The zero-order valence-corrected chi connectivity index (χ0v) is 11.6. The summed E-state index contributed by atoms with van der Waals surface area (Å²) >= 11 is 5.95. The first-order valence-corrected chi connectivity index (χ1v) is 6.10. The van der Waals surface area contributed by atoms with E-state index in [4.69, 9.17) is 16.7 Å². The third-order valence-electron chi connectivity index (χ3n) is 2.94. The maximum atomic E-state index is 12.1. The molecule has 0 radical (unpaired) electrons. The number of aromatic carboxylic acids is 1. The summed E-state index contributed by atoms with van der Waals surface area (Å²) < 4.78 is 1.57. The van der Waals surface area contributed by atoms with Crippen LogP contribution in [0.5, 0.6) is 0 Å². The van der Waals surface area contributed by atoms with Gasteiger partial charge in [0, 0.05) is 12.7 Å². The van der Waals surface area contributed by atoms with Crippen LogP contribution >= 0.6 is 11.6 Å². The van der Waals surface area contributed by atoms with Crippen LogP contribution < -0.4 is 5.32 Å². The number of hydrogen-bond donors (Lipinski definition) is 2. The second-order valence-corrected chi connectivity index (χ2v) is 4.63. The molecule has 20 heavy (non-hydrogen) atoms. The average molecular weight is 294 g/mol. The van der Waals surface area contributed by atoms with Gasteiger partial charge in [0.25, 0.3) is 5.91 Å². The molecule has 1 aromatic carbocycles. The van der Waals surface area contributed by atoms with Crippen LogP contribution in [0.3, 0.4) is 0 Å². The molecular formula is C13H12ClN3O3. The summed E-state index contributed by atoms with van der Waals surface area (Å²) in [5.41, 5.74) is 1.41. The molecule has 0 aliphatic carbocycles. The lowest BCUT2D eigenvalue weighted by atomic mass is 10.2. The van der Waals surface area contributed by atoms with E-state index >= 15 is 0 Å². The summed E-state index contributed by atoms with van der Waals surface area (Å²) in [7, 11) is 1.73. The molecule has 0 saturated heterocycles. The quantitative estimate of drug-likeness (QED) is 0.909. The fourth-order valence-electron chi connectivity index (χ4n) is 1.67. The van der Waals surface area contributed by atoms with Crippen molar-refractivity contribution in [3.05, 3.63) is 46.2 Å². The van der Waals surface area contributed by atoms with Crippen LogP contribution in [0.25, 0.3) is 0 Å². The van der Waals surface area contributed by atoms with Gasteiger partial charge in [-0.25, -0.2) is 4.79 Å². The number of rotatable bonds is 3. The summed E-state index contributed by atoms with van der Waals surface area (Å²) in [6.45, 7) is 1.76. The summed E-state index contributed by atoms with van der Waals surface area (Å²) in [6.07, 6.45) is 1.44. The number of carboxylic acids is 1. The summed E-state index contributed by atoms with van der Waals surface area (Å²) in [5, 5.41) is 15.8. The van der Waals surface area contributed by atoms with Gasteiger partial charge >= 0.3 is 5.97 Å². The SMILES string of the molecule is Cc1c(C(=O)Nc2cc(C(=O)O)ccc2Cl)cnn1C. The van der Waals surface area contributed by atoms with Gasteiger partial charge in [-0.05, 0) is 25.1 Å². The van der Waals surface area contributed by atoms with Crippen LogP contribution in [0.2, 0.25) is 5.02 Å². The van der Waals surface area contributed by atoms with Gasteiger partial charge in [-0.2, -0.15) is 5.10 Å². The molecule has 6 nitrogen and oxygen atoms in total. The van der Waals surface area contributed by atoms with E-state index in [1.165, 1.54) is 24.4 Å². The topological polar surface area (TPSA) is 84.2 Å². The first kappa shape index (κ1) is 14.1. The standard InChI is InChI=1S/C13H12ClN3O3/c1-7-9(6-15-17(7)2)12(18)16-11-5-8(13(19)20)3-4-10(11)14/h3-6H,1-2H3,(H,16,18)(H,19,20). The van der Waals surface area contributed by atoms with Crippen LogP contribution in [0.15, 0.2) is 24.4 Å². The molecular weight excluding hydrogens is 282 g/mol. The number of anilines is 1. The molecule has 1 aromatic heterocycles. The number of nitrogens with zero attached hydrogens (tertiary/aromatic N) is 2. The Bertz CT molecular complexity index is 694. The smallest absolute Gasteiger partial charge is 0.335 e. The van der Waals surface area contributed by atoms with Crippen molar-refractivity contribution in [3.8, 4) is 0 Å². The molecule has 0 bridgehead atoms. The lowest BCUT2D eigenvalue weighted by Crippen LogP contribution is -2.14. The highest BCUT2D eigenvalue weighted by Gasteiger charge is 2.15. The minimum atomic E-state index is -1.09. The molecule has 0 spiro atoms. The van der Waals surface area contributed by atoms with E-state index in [9.17, 15) is 9.59 Å². The number of amides is 1. The second kappa shape index (κ2) is 5.34. The average Bonchev–Trinajstić information content (AvgIpc) is 2.72. The van der Waals surface area contributed by atoms with Gasteiger partial charge in [-0.15, -0.1) is 0 Å². The summed E-state index contributed by atoms with van der Waals surface area (Å²) in [6, 6.07) is 4.11. The highest BCUT2D eigenvalue weighted by Crippen LogP contribution is 2.24. The Morgan fingerprint density at radius 2 is 2.10 bits per heavy atom. The number of halogens is 1. The monoisotopic (exact) mass is 293 g/mol. The number of benzene rings is 1. The number of hydrogen-bond acceptors (Lipinski definition) is 3. The zero-order chi connectivity index (χ0) is 14.9. The lowest BCUT2D eigenvalue weighted by Gasteiger charge is -2.08. The van der Waals surface area contributed by atoms with E-state index < -0.39 is 5.97 Å². The molecule has 7 heteroatoms. The van der Waals surface area contributed by atoms with Crippen LogP contribution in [-0.4, -0.2) is 26.8 Å². The molecule has 2 N–H and O–H groups in total. The highest BCUT2D eigenvalue weighted by atomic mass is 35.5. The molecule has 0 saturated carbocycles. The van der Waals surface area contributed by atoms with Gasteiger partial charge in [0.15, 0.2) is 0 Å². The predicted molar refractivity (Wildman–Crippen MR) is 74.3 cm³/mol. The summed E-state index contributed by atoms with van der Waals surface area (Å²) in [4.78, 5) is 23.0. The first-order valence-electron chi connectivity index (χ1n) is 5.73. The second-order valence-electron chi connectivity index (χ2n) is 4.22. The normalized spacial score (nSPS) is 10.3. The van der Waals surface area contributed by atoms with Crippen molar-refractivity contribution in [2.45, 2.75) is 6.92 Å². The Hall–Kier alpha value is -2.34. The molecule has 1 amide bonds. The maximum Gasteiger partial charge on any atom is 0.335 e. The fraction of sp³-hybridized carbons (Fsp3) is 0.154. The van der Waals surface area contributed by atoms with Crippen LogP contribution in [0.4, 0.5) is 5.69 Å². The number of carbonyl (C=O) groups excluding carboxylic acids is 1. The number of aromatic nitrogens is 2. The van der Waals surface area contributed by atoms with E-state index in [0.29, 0.717) is 11.3 Å². The highest BCUT2D eigenvalue weighted by molar-refractivity contribution is 6.34. The van der Waals surface area contributed by atoms with Crippen molar-refractivity contribution in [1.82, 2.24) is 9.78 Å². The Kier molecular flexibility index (Phi) is 3.76. The third kappa shape index (κ3) is 2.65. The van der Waals surface area contributed by atoms with Crippen molar-refractivity contribution in [2.75, 3.05) is 5.32 Å². The van der Waals surface area contributed by atoms with Crippen molar-refractivity contribution in [1.29, 1.82) is 0 Å². The number of carbonyl (C=O) groups is 2.